The normalized spacial score (nSPS) is 12.5. The molecule has 0 unspecified atom stereocenters. The summed E-state index contributed by atoms with van der Waals surface area (Å²) in [5.41, 5.74) is 11.5. The number of rotatable bonds is 10. The first-order chi connectivity index (χ1) is 44.6. The standard InChI is InChI=1S/C70H40F2N4S16/c1-25-13-43(80-32(25)8)47-20-35-56-57(74-91-73-56)36-21-48(85-66(36)65(35)84-47)44-14-26(2)60(81-44)51-18-33-54(41-11-9-29(5)77-41)64-34(55(63(33)88-51)42-12-10-30(6)78-42)19-52(89-64)61-27(3)15-45(82-61)49-22-37-58-59(76-92-75-58)38-23-50(87-68(38)67(37)86-49)46-16-28(4)62(83-46)53-24-40(72)70(90-53)69-39(71)17-31(7)79-69/h9-24H,1-8H3. The van der Waals surface area contributed by atoms with Crippen molar-refractivity contribution in [2.75, 3.05) is 0 Å². The van der Waals surface area contributed by atoms with Crippen molar-refractivity contribution in [3.63, 3.8) is 0 Å². The van der Waals surface area contributed by atoms with E-state index >= 15 is 4.39 Å². The van der Waals surface area contributed by atoms with Crippen molar-refractivity contribution in [1.82, 2.24) is 17.5 Å². The Balaban J connectivity index is 0.709. The Morgan fingerprint density at radius 3 is 0.935 bits per heavy atom. The lowest BCUT2D eigenvalue weighted by atomic mass is 9.99. The smallest absolute Gasteiger partial charge is 0.143 e. The van der Waals surface area contributed by atoms with Gasteiger partial charge in [0.25, 0.3) is 0 Å². The molecule has 92 heavy (non-hydrogen) atoms. The van der Waals surface area contributed by atoms with Gasteiger partial charge in [0.2, 0.25) is 0 Å². The van der Waals surface area contributed by atoms with E-state index in [1.54, 1.807) is 28.7 Å². The van der Waals surface area contributed by atoms with Crippen LogP contribution in [0.2, 0.25) is 0 Å². The predicted octanol–water partition coefficient (Wildman–Crippen LogP) is 28.9. The lowest BCUT2D eigenvalue weighted by Crippen LogP contribution is -1.81. The summed E-state index contributed by atoms with van der Waals surface area (Å²) >= 11 is 27.7. The molecule has 4 nitrogen and oxygen atoms in total. The third-order valence-corrected chi connectivity index (χ3v) is 35.8. The summed E-state index contributed by atoms with van der Waals surface area (Å²) in [6.45, 7) is 17.4. The Morgan fingerprint density at radius 2 is 0.576 bits per heavy atom. The number of aromatic nitrogens is 4. The summed E-state index contributed by atoms with van der Waals surface area (Å²) in [5.74, 6) is -0.750. The highest BCUT2D eigenvalue weighted by Gasteiger charge is 2.29. The van der Waals surface area contributed by atoms with Gasteiger partial charge in [-0.1, -0.05) is 0 Å². The van der Waals surface area contributed by atoms with E-state index in [-0.39, 0.29) is 11.6 Å². The zero-order valence-electron chi connectivity index (χ0n) is 49.3. The average molecular weight is 1490 g/mol. The molecule has 0 radical (unpaired) electrons. The van der Waals surface area contributed by atoms with Crippen molar-refractivity contribution >= 4 is 265 Å². The van der Waals surface area contributed by atoms with E-state index in [9.17, 15) is 4.39 Å². The number of aryl methyl sites for hydroxylation is 8. The van der Waals surface area contributed by atoms with E-state index in [0.717, 1.165) is 62.8 Å². The van der Waals surface area contributed by atoms with Crippen molar-refractivity contribution in [2.24, 2.45) is 0 Å². The Hall–Kier alpha value is -5.48. The fourth-order valence-corrected chi connectivity index (χ4v) is 30.6. The van der Waals surface area contributed by atoms with Crippen molar-refractivity contribution in [1.29, 1.82) is 0 Å². The quantitative estimate of drug-likeness (QED) is 0.137. The van der Waals surface area contributed by atoms with Crippen molar-refractivity contribution in [3.05, 3.63) is 150 Å². The second-order valence-corrected chi connectivity index (χ2v) is 39.8. The van der Waals surface area contributed by atoms with E-state index in [1.165, 1.54) is 203 Å². The number of hydrogen-bond acceptors (Lipinski definition) is 20. The van der Waals surface area contributed by atoms with Crippen LogP contribution in [0.25, 0.3) is 181 Å². The summed E-state index contributed by atoms with van der Waals surface area (Å²) in [7, 11) is 0. The van der Waals surface area contributed by atoms with Gasteiger partial charge in [0.05, 0.1) is 52.0 Å². The van der Waals surface area contributed by atoms with Crippen LogP contribution in [0.1, 0.15) is 41.8 Å². The fourth-order valence-electron chi connectivity index (χ4n) is 12.6. The number of halogens is 2. The second kappa shape index (κ2) is 21.5. The van der Waals surface area contributed by atoms with Gasteiger partial charge in [-0.25, -0.2) is 8.78 Å². The first kappa shape index (κ1) is 57.9. The molecule has 22 heteroatoms. The van der Waals surface area contributed by atoms with Crippen molar-refractivity contribution < 1.29 is 8.78 Å². The molecule has 0 aliphatic heterocycles. The van der Waals surface area contributed by atoms with Crippen LogP contribution in [0.15, 0.2) is 97.1 Å². The van der Waals surface area contributed by atoms with Gasteiger partial charge in [0.15, 0.2) is 0 Å². The van der Waals surface area contributed by atoms with Crippen LogP contribution in [0.3, 0.4) is 0 Å². The Bertz CT molecular complexity index is 6200. The molecule has 19 rings (SSSR count). The number of nitrogens with zero attached hydrogens (tertiary/aromatic N) is 4. The molecule has 16 heterocycles. The molecule has 0 fully saturated rings. The largest absolute Gasteiger partial charge is 0.205 e. The van der Waals surface area contributed by atoms with Gasteiger partial charge >= 0.3 is 0 Å². The zero-order valence-corrected chi connectivity index (χ0v) is 62.4. The molecule has 0 saturated heterocycles. The summed E-state index contributed by atoms with van der Waals surface area (Å²) in [6, 6.07) is 36.0. The first-order valence-corrected chi connectivity index (χ1v) is 41.9. The molecule has 0 spiro atoms. The minimum atomic E-state index is -0.381. The highest BCUT2D eigenvalue weighted by molar-refractivity contribution is 7.36. The summed E-state index contributed by atoms with van der Waals surface area (Å²) in [4.78, 5) is 25.1. The minimum absolute atomic E-state index is 0.359. The summed E-state index contributed by atoms with van der Waals surface area (Å²) in [6.07, 6.45) is 0. The number of fused-ring (bicyclic) bond motifs is 14. The van der Waals surface area contributed by atoms with Crippen LogP contribution in [0.4, 0.5) is 8.78 Å². The highest BCUT2D eigenvalue weighted by atomic mass is 32.2. The number of hydrogen-bond donors (Lipinski definition) is 0. The van der Waals surface area contributed by atoms with E-state index in [0.29, 0.717) is 9.75 Å². The number of benzene rings is 3. The summed E-state index contributed by atoms with van der Waals surface area (Å²) in [5, 5.41) is 7.28. The fraction of sp³-hybridized carbons (Fsp3) is 0.114. The molecular weight excluding hydrogens is 1450 g/mol. The molecule has 450 valence electrons. The molecule has 19 aromatic rings. The maximum Gasteiger partial charge on any atom is 0.143 e. The molecule has 0 atom stereocenters. The number of thiophene rings is 14. The van der Waals surface area contributed by atoms with Crippen LogP contribution in [0.5, 0.6) is 0 Å². The molecule has 0 bridgehead atoms. The minimum Gasteiger partial charge on any atom is -0.205 e. The van der Waals surface area contributed by atoms with Crippen LogP contribution in [-0.2, 0) is 0 Å². The SMILES string of the molecule is Cc1ccc(-c2c3cc(-c4sc(-c5cc6c7nsnc7c7cc(-c8cc(C)c(-c9cc(F)c(-c%10sc(C)cc%10F)s9)s8)sc7c6s5)cc4C)sc3c(-c3ccc(C)s3)c3cc(-c4sc(-c5cc6c7nsnc7c7cc(-c8cc(C)c(C)s8)sc7c6s5)cc4C)sc23)s1. The van der Waals surface area contributed by atoms with Gasteiger partial charge in [-0.3, -0.25) is 0 Å². The molecule has 0 aliphatic carbocycles. The average Bonchev–Trinajstić information content (AvgIpc) is 1.57. The van der Waals surface area contributed by atoms with Gasteiger partial charge in [-0.15, -0.1) is 159 Å². The van der Waals surface area contributed by atoms with E-state index in [4.69, 9.17) is 17.5 Å². The maximum absolute atomic E-state index is 15.5. The van der Waals surface area contributed by atoms with Gasteiger partial charge in [-0.2, -0.15) is 17.5 Å². The highest BCUT2D eigenvalue weighted by Crippen LogP contribution is 2.59. The first-order valence-electron chi connectivity index (χ1n) is 29.0. The molecule has 0 amide bonds. The van der Waals surface area contributed by atoms with E-state index < -0.39 is 0 Å². The van der Waals surface area contributed by atoms with Gasteiger partial charge in [0.1, 0.15) is 33.7 Å². The van der Waals surface area contributed by atoms with Crippen LogP contribution >= 0.6 is 182 Å². The Kier molecular flexibility index (Phi) is 13.5. The zero-order chi connectivity index (χ0) is 62.0. The molecule has 16 aromatic heterocycles. The lowest BCUT2D eigenvalue weighted by molar-refractivity contribution is 0.623. The monoisotopic (exact) mass is 1490 g/mol. The molecular formula is C70H40F2N4S16. The topological polar surface area (TPSA) is 51.6 Å². The third kappa shape index (κ3) is 8.96. The van der Waals surface area contributed by atoms with Crippen LogP contribution < -0.4 is 0 Å². The van der Waals surface area contributed by atoms with E-state index in [1.807, 2.05) is 120 Å². The lowest BCUT2D eigenvalue weighted by Gasteiger charge is -2.09. The van der Waals surface area contributed by atoms with E-state index in [2.05, 4.69) is 133 Å². The maximum atomic E-state index is 15.5. The van der Waals surface area contributed by atoms with Crippen molar-refractivity contribution in [2.45, 2.75) is 55.4 Å². The molecule has 0 aliphatic rings. The summed E-state index contributed by atoms with van der Waals surface area (Å²) < 4.78 is 57.8. The van der Waals surface area contributed by atoms with Crippen molar-refractivity contribution in [3.8, 4) is 98.9 Å². The second-order valence-electron chi connectivity index (χ2n) is 23.2. The molecule has 0 N–H and O–H groups in total. The van der Waals surface area contributed by atoms with Crippen LogP contribution in [-0.4, -0.2) is 17.5 Å². The Labute approximate surface area is 588 Å². The van der Waals surface area contributed by atoms with Crippen LogP contribution in [0, 0.1) is 67.0 Å². The molecule has 0 saturated carbocycles. The molecule has 3 aromatic carbocycles. The third-order valence-electron chi connectivity index (χ3n) is 17.0. The van der Waals surface area contributed by atoms with Gasteiger partial charge in [-0.05, 0) is 175 Å². The van der Waals surface area contributed by atoms with Gasteiger partial charge in [0, 0.05) is 150 Å². The van der Waals surface area contributed by atoms with Gasteiger partial charge < -0.3 is 0 Å². The Morgan fingerprint density at radius 1 is 0.250 bits per heavy atom. The predicted molar refractivity (Wildman–Crippen MR) is 416 cm³/mol.